The van der Waals surface area contributed by atoms with Crippen LogP contribution in [0.1, 0.15) is 18.9 Å². The smallest absolute Gasteiger partial charge is 0.319 e. The summed E-state index contributed by atoms with van der Waals surface area (Å²) in [6, 6.07) is 15.9. The molecule has 0 aliphatic carbocycles. The molecule has 0 bridgehead atoms. The van der Waals surface area contributed by atoms with Crippen LogP contribution < -0.4 is 10.6 Å². The third kappa shape index (κ3) is 5.57. The van der Waals surface area contributed by atoms with Gasteiger partial charge in [0.2, 0.25) is 10.0 Å². The van der Waals surface area contributed by atoms with Crippen molar-refractivity contribution in [2.45, 2.75) is 30.7 Å². The quantitative estimate of drug-likeness (QED) is 0.781. The number of benzene rings is 2. The minimum absolute atomic E-state index is 0.0103. The van der Waals surface area contributed by atoms with Gasteiger partial charge in [-0.05, 0) is 43.5 Å². The summed E-state index contributed by atoms with van der Waals surface area (Å²) < 4.78 is 25.5. The topological polar surface area (TPSA) is 78.5 Å². The molecule has 0 fully saturated rings. The SMILES string of the molecule is C[C@H](CCc1ccccc1)NC(=O)Nc1cccc(S(=O)(=O)N(C)C)c1. The Hall–Kier alpha value is -2.38. The molecule has 2 N–H and O–H groups in total. The lowest BCUT2D eigenvalue weighted by atomic mass is 10.1. The van der Waals surface area contributed by atoms with Crippen molar-refractivity contribution in [1.82, 2.24) is 9.62 Å². The van der Waals surface area contributed by atoms with Crippen LogP contribution in [0, 0.1) is 0 Å². The van der Waals surface area contributed by atoms with Crippen LogP contribution in [-0.4, -0.2) is 38.9 Å². The minimum Gasteiger partial charge on any atom is -0.335 e. The highest BCUT2D eigenvalue weighted by Crippen LogP contribution is 2.18. The normalized spacial score (nSPS) is 12.6. The molecular formula is C19H25N3O3S. The van der Waals surface area contributed by atoms with Crippen molar-refractivity contribution in [2.75, 3.05) is 19.4 Å². The Labute approximate surface area is 155 Å². The van der Waals surface area contributed by atoms with Gasteiger partial charge >= 0.3 is 6.03 Å². The van der Waals surface area contributed by atoms with Gasteiger partial charge in [0.15, 0.2) is 0 Å². The van der Waals surface area contributed by atoms with Crippen LogP contribution in [0.4, 0.5) is 10.5 Å². The molecule has 2 amide bonds. The van der Waals surface area contributed by atoms with Gasteiger partial charge in [-0.15, -0.1) is 0 Å². The molecule has 1 atom stereocenters. The lowest BCUT2D eigenvalue weighted by molar-refractivity contribution is 0.248. The van der Waals surface area contributed by atoms with E-state index in [2.05, 4.69) is 22.8 Å². The van der Waals surface area contributed by atoms with Crippen molar-refractivity contribution in [3.05, 3.63) is 60.2 Å². The molecule has 2 aromatic rings. The van der Waals surface area contributed by atoms with E-state index < -0.39 is 10.0 Å². The number of aryl methyl sites for hydroxylation is 1. The average Bonchev–Trinajstić information content (AvgIpc) is 2.61. The van der Waals surface area contributed by atoms with Gasteiger partial charge in [0.25, 0.3) is 0 Å². The van der Waals surface area contributed by atoms with Crippen molar-refractivity contribution in [3.8, 4) is 0 Å². The fraction of sp³-hybridized carbons (Fsp3) is 0.316. The molecule has 2 aromatic carbocycles. The van der Waals surface area contributed by atoms with Crippen LogP contribution in [0.2, 0.25) is 0 Å². The van der Waals surface area contributed by atoms with Gasteiger partial charge in [-0.25, -0.2) is 17.5 Å². The molecule has 0 aliphatic heterocycles. The van der Waals surface area contributed by atoms with Crippen LogP contribution in [-0.2, 0) is 16.4 Å². The molecule has 26 heavy (non-hydrogen) atoms. The fourth-order valence-corrected chi connectivity index (χ4v) is 3.38. The summed E-state index contributed by atoms with van der Waals surface area (Å²) in [7, 11) is -0.598. The number of carbonyl (C=O) groups is 1. The van der Waals surface area contributed by atoms with Crippen LogP contribution >= 0.6 is 0 Å². The molecule has 0 saturated heterocycles. The predicted octanol–water partition coefficient (Wildman–Crippen LogP) is 3.08. The Kier molecular flexibility index (Phi) is 6.76. The molecule has 0 aliphatic rings. The summed E-state index contributed by atoms with van der Waals surface area (Å²) in [6.07, 6.45) is 1.69. The van der Waals surface area contributed by atoms with Gasteiger partial charge in [-0.1, -0.05) is 36.4 Å². The van der Waals surface area contributed by atoms with Gasteiger partial charge in [-0.2, -0.15) is 0 Å². The summed E-state index contributed by atoms with van der Waals surface area (Å²) in [5.41, 5.74) is 1.66. The number of rotatable bonds is 7. The summed E-state index contributed by atoms with van der Waals surface area (Å²) in [4.78, 5) is 12.3. The van der Waals surface area contributed by atoms with Crippen molar-refractivity contribution >= 4 is 21.7 Å². The van der Waals surface area contributed by atoms with E-state index in [1.54, 1.807) is 12.1 Å². The number of nitrogens with zero attached hydrogens (tertiary/aromatic N) is 1. The fourth-order valence-electron chi connectivity index (χ4n) is 2.44. The van der Waals surface area contributed by atoms with Gasteiger partial charge in [-0.3, -0.25) is 0 Å². The molecule has 140 valence electrons. The molecule has 7 heteroatoms. The maximum absolute atomic E-state index is 12.2. The molecule has 0 spiro atoms. The zero-order valence-corrected chi connectivity index (χ0v) is 16.1. The first-order valence-electron chi connectivity index (χ1n) is 8.43. The maximum atomic E-state index is 12.2. The summed E-state index contributed by atoms with van der Waals surface area (Å²) in [5, 5.41) is 5.56. The monoisotopic (exact) mass is 375 g/mol. The number of carbonyl (C=O) groups excluding carboxylic acids is 1. The first-order chi connectivity index (χ1) is 12.3. The van der Waals surface area contributed by atoms with Gasteiger partial charge in [0.1, 0.15) is 0 Å². The standard InChI is InChI=1S/C19H25N3O3S/c1-15(12-13-16-8-5-4-6-9-16)20-19(23)21-17-10-7-11-18(14-17)26(24,25)22(2)3/h4-11,14-15H,12-13H2,1-3H3,(H2,20,21,23)/t15-/m1/s1. The number of nitrogens with one attached hydrogen (secondary N) is 2. The maximum Gasteiger partial charge on any atom is 0.319 e. The number of amides is 2. The largest absolute Gasteiger partial charge is 0.335 e. The highest BCUT2D eigenvalue weighted by molar-refractivity contribution is 7.89. The first-order valence-corrected chi connectivity index (χ1v) is 9.87. The van der Waals surface area contributed by atoms with E-state index in [9.17, 15) is 13.2 Å². The third-order valence-corrected chi connectivity index (χ3v) is 5.77. The summed E-state index contributed by atoms with van der Waals surface area (Å²) in [6.45, 7) is 1.94. The Morgan fingerprint density at radius 3 is 2.42 bits per heavy atom. The Morgan fingerprint density at radius 2 is 1.77 bits per heavy atom. The zero-order chi connectivity index (χ0) is 19.2. The minimum atomic E-state index is -3.54. The molecule has 0 aromatic heterocycles. The predicted molar refractivity (Wildman–Crippen MR) is 104 cm³/mol. The second-order valence-corrected chi connectivity index (χ2v) is 8.49. The van der Waals surface area contributed by atoms with E-state index in [1.165, 1.54) is 31.8 Å². The van der Waals surface area contributed by atoms with E-state index in [4.69, 9.17) is 0 Å². The summed E-state index contributed by atoms with van der Waals surface area (Å²) >= 11 is 0. The van der Waals surface area contributed by atoms with Crippen molar-refractivity contribution in [3.63, 3.8) is 0 Å². The number of hydrogen-bond donors (Lipinski definition) is 2. The summed E-state index contributed by atoms with van der Waals surface area (Å²) in [5.74, 6) is 0. The molecule has 0 radical (unpaired) electrons. The Morgan fingerprint density at radius 1 is 1.08 bits per heavy atom. The Balaban J connectivity index is 1.91. The van der Waals surface area contributed by atoms with Crippen LogP contribution in [0.5, 0.6) is 0 Å². The zero-order valence-electron chi connectivity index (χ0n) is 15.3. The number of sulfonamides is 1. The molecular weight excluding hydrogens is 350 g/mol. The van der Waals surface area contributed by atoms with Gasteiger partial charge in [0, 0.05) is 25.8 Å². The lowest BCUT2D eigenvalue weighted by Crippen LogP contribution is -2.36. The number of anilines is 1. The second-order valence-electron chi connectivity index (χ2n) is 6.34. The number of urea groups is 1. The van der Waals surface area contributed by atoms with Crippen LogP contribution in [0.3, 0.4) is 0 Å². The molecule has 0 unspecified atom stereocenters. The van der Waals surface area contributed by atoms with E-state index in [1.807, 2.05) is 25.1 Å². The molecule has 2 rings (SSSR count). The number of hydrogen-bond acceptors (Lipinski definition) is 3. The third-order valence-electron chi connectivity index (χ3n) is 3.96. The molecule has 6 nitrogen and oxygen atoms in total. The Bertz CT molecular complexity index is 836. The lowest BCUT2D eigenvalue weighted by Gasteiger charge is -2.16. The highest BCUT2D eigenvalue weighted by atomic mass is 32.2. The van der Waals surface area contributed by atoms with Crippen molar-refractivity contribution in [1.29, 1.82) is 0 Å². The van der Waals surface area contributed by atoms with Crippen LogP contribution in [0.15, 0.2) is 59.5 Å². The highest BCUT2D eigenvalue weighted by Gasteiger charge is 2.17. The van der Waals surface area contributed by atoms with E-state index in [0.717, 1.165) is 17.1 Å². The second kappa shape index (κ2) is 8.82. The first kappa shape index (κ1) is 19.9. The van der Waals surface area contributed by atoms with Crippen molar-refractivity contribution < 1.29 is 13.2 Å². The van der Waals surface area contributed by atoms with Gasteiger partial charge in [0.05, 0.1) is 4.90 Å². The van der Waals surface area contributed by atoms with E-state index in [0.29, 0.717) is 5.69 Å². The van der Waals surface area contributed by atoms with Gasteiger partial charge < -0.3 is 10.6 Å². The molecule has 0 heterocycles. The van der Waals surface area contributed by atoms with Crippen LogP contribution in [0.25, 0.3) is 0 Å². The van der Waals surface area contributed by atoms with E-state index >= 15 is 0 Å². The van der Waals surface area contributed by atoms with E-state index in [-0.39, 0.29) is 17.0 Å². The van der Waals surface area contributed by atoms with Crippen molar-refractivity contribution in [2.24, 2.45) is 0 Å². The molecule has 0 saturated carbocycles. The average molecular weight is 375 g/mol.